The molecule has 3 heteroatoms. The highest BCUT2D eigenvalue weighted by Gasteiger charge is 2.16. The molecule has 2 aromatic rings. The summed E-state index contributed by atoms with van der Waals surface area (Å²) in [6.45, 7) is 0.872. The molecular formula is C15H14N2S. The summed E-state index contributed by atoms with van der Waals surface area (Å²) in [5.41, 5.74) is 2.26. The first-order valence-electron chi connectivity index (χ1n) is 5.93. The first-order chi connectivity index (χ1) is 8.83. The van der Waals surface area contributed by atoms with Gasteiger partial charge in [0.15, 0.2) is 0 Å². The summed E-state index contributed by atoms with van der Waals surface area (Å²) in [5.74, 6) is 0. The van der Waals surface area contributed by atoms with E-state index in [0.29, 0.717) is 0 Å². The molecule has 2 aromatic carbocycles. The fraction of sp³-hybridized carbons (Fsp3) is 0.133. The first kappa shape index (κ1) is 11.4. The molecular weight excluding hydrogens is 240 g/mol. The van der Waals surface area contributed by atoms with Gasteiger partial charge in [0.25, 0.3) is 0 Å². The van der Waals surface area contributed by atoms with Crippen molar-refractivity contribution in [3.63, 3.8) is 0 Å². The monoisotopic (exact) mass is 254 g/mol. The second-order valence-electron chi connectivity index (χ2n) is 4.27. The Morgan fingerprint density at radius 2 is 1.72 bits per heavy atom. The van der Waals surface area contributed by atoms with Crippen molar-refractivity contribution in [1.82, 2.24) is 0 Å². The van der Waals surface area contributed by atoms with Gasteiger partial charge in [-0.25, -0.2) is 4.99 Å². The zero-order valence-corrected chi connectivity index (χ0v) is 11.0. The number of anilines is 1. The number of aliphatic imine (C=N–C) groups is 1. The number of nitrogens with zero attached hydrogens (tertiary/aromatic N) is 2. The number of fused-ring (bicyclic) bond motifs is 1. The SMILES string of the molecule is CN1CC(Sc2ccccc2)=Nc2ccccc21. The Kier molecular flexibility index (Phi) is 3.07. The largest absolute Gasteiger partial charge is 0.366 e. The van der Waals surface area contributed by atoms with Crippen LogP contribution in [0.25, 0.3) is 0 Å². The average Bonchev–Trinajstić information content (AvgIpc) is 2.40. The first-order valence-corrected chi connectivity index (χ1v) is 6.75. The highest BCUT2D eigenvalue weighted by Crippen LogP contribution is 2.34. The Bertz CT molecular complexity index is 578. The van der Waals surface area contributed by atoms with E-state index in [4.69, 9.17) is 4.99 Å². The Labute approximate surface area is 111 Å². The zero-order valence-electron chi connectivity index (χ0n) is 10.2. The Morgan fingerprint density at radius 1 is 1.00 bits per heavy atom. The minimum atomic E-state index is 0.872. The Hall–Kier alpha value is -1.74. The minimum Gasteiger partial charge on any atom is -0.366 e. The van der Waals surface area contributed by atoms with Crippen LogP contribution in [0.15, 0.2) is 64.5 Å². The Balaban J connectivity index is 1.89. The van der Waals surface area contributed by atoms with Gasteiger partial charge in [-0.3, -0.25) is 0 Å². The summed E-state index contributed by atoms with van der Waals surface area (Å²) in [4.78, 5) is 8.21. The smallest absolute Gasteiger partial charge is 0.0980 e. The molecule has 1 heterocycles. The average molecular weight is 254 g/mol. The molecule has 0 spiro atoms. The lowest BCUT2D eigenvalue weighted by Gasteiger charge is -2.26. The van der Waals surface area contributed by atoms with Gasteiger partial charge >= 0.3 is 0 Å². The molecule has 0 fully saturated rings. The second kappa shape index (κ2) is 4.86. The van der Waals surface area contributed by atoms with Crippen LogP contribution in [0.5, 0.6) is 0 Å². The molecule has 2 nitrogen and oxygen atoms in total. The quantitative estimate of drug-likeness (QED) is 0.765. The van der Waals surface area contributed by atoms with E-state index in [2.05, 4.69) is 54.4 Å². The van der Waals surface area contributed by atoms with Crippen LogP contribution < -0.4 is 4.90 Å². The Morgan fingerprint density at radius 3 is 2.56 bits per heavy atom. The van der Waals surface area contributed by atoms with E-state index in [1.807, 2.05) is 12.1 Å². The number of thioether (sulfide) groups is 1. The topological polar surface area (TPSA) is 15.6 Å². The number of hydrogen-bond acceptors (Lipinski definition) is 3. The van der Waals surface area contributed by atoms with Gasteiger partial charge < -0.3 is 4.90 Å². The number of benzene rings is 2. The number of hydrogen-bond donors (Lipinski definition) is 0. The van der Waals surface area contributed by atoms with Crippen LogP contribution in [-0.4, -0.2) is 18.6 Å². The maximum absolute atomic E-state index is 4.73. The number of rotatable bonds is 1. The maximum Gasteiger partial charge on any atom is 0.0980 e. The molecule has 0 radical (unpaired) electrons. The van der Waals surface area contributed by atoms with Crippen molar-refractivity contribution in [2.24, 2.45) is 4.99 Å². The van der Waals surface area contributed by atoms with Gasteiger partial charge in [0.05, 0.1) is 23.0 Å². The third kappa shape index (κ3) is 2.27. The molecule has 0 atom stereocenters. The van der Waals surface area contributed by atoms with Crippen molar-refractivity contribution in [2.75, 3.05) is 18.5 Å². The molecule has 18 heavy (non-hydrogen) atoms. The summed E-state index contributed by atoms with van der Waals surface area (Å²) < 4.78 is 0. The predicted molar refractivity (Wildman–Crippen MR) is 79.1 cm³/mol. The molecule has 0 amide bonds. The van der Waals surface area contributed by atoms with Crippen molar-refractivity contribution in [1.29, 1.82) is 0 Å². The van der Waals surface area contributed by atoms with Gasteiger partial charge in [0.2, 0.25) is 0 Å². The van der Waals surface area contributed by atoms with E-state index in [0.717, 1.165) is 17.3 Å². The fourth-order valence-electron chi connectivity index (χ4n) is 2.02. The molecule has 1 aliphatic rings. The van der Waals surface area contributed by atoms with Crippen LogP contribution in [0.3, 0.4) is 0 Å². The van der Waals surface area contributed by atoms with Crippen molar-refractivity contribution in [2.45, 2.75) is 4.90 Å². The van der Waals surface area contributed by atoms with Crippen LogP contribution in [-0.2, 0) is 0 Å². The molecule has 0 saturated heterocycles. The second-order valence-corrected chi connectivity index (χ2v) is 5.41. The molecule has 0 aromatic heterocycles. The third-order valence-corrected chi connectivity index (χ3v) is 3.85. The molecule has 3 rings (SSSR count). The van der Waals surface area contributed by atoms with Crippen molar-refractivity contribution in [3.05, 3.63) is 54.6 Å². The number of para-hydroxylation sites is 2. The van der Waals surface area contributed by atoms with E-state index in [-0.39, 0.29) is 0 Å². The van der Waals surface area contributed by atoms with Crippen LogP contribution in [0.2, 0.25) is 0 Å². The van der Waals surface area contributed by atoms with Gasteiger partial charge in [0, 0.05) is 11.9 Å². The van der Waals surface area contributed by atoms with Gasteiger partial charge in [-0.15, -0.1) is 0 Å². The highest BCUT2D eigenvalue weighted by molar-refractivity contribution is 8.14. The maximum atomic E-state index is 4.73. The predicted octanol–water partition coefficient (Wildman–Crippen LogP) is 3.96. The summed E-state index contributed by atoms with van der Waals surface area (Å²) in [7, 11) is 2.11. The van der Waals surface area contributed by atoms with Crippen LogP contribution in [0, 0.1) is 0 Å². The minimum absolute atomic E-state index is 0.872. The third-order valence-electron chi connectivity index (χ3n) is 2.89. The van der Waals surface area contributed by atoms with E-state index >= 15 is 0 Å². The lowest BCUT2D eigenvalue weighted by atomic mass is 10.2. The van der Waals surface area contributed by atoms with E-state index < -0.39 is 0 Å². The van der Waals surface area contributed by atoms with Crippen LogP contribution in [0.4, 0.5) is 11.4 Å². The van der Waals surface area contributed by atoms with Gasteiger partial charge in [0.1, 0.15) is 0 Å². The highest BCUT2D eigenvalue weighted by atomic mass is 32.2. The lowest BCUT2D eigenvalue weighted by Crippen LogP contribution is -2.26. The van der Waals surface area contributed by atoms with E-state index in [1.165, 1.54) is 10.6 Å². The zero-order chi connectivity index (χ0) is 12.4. The van der Waals surface area contributed by atoms with Crippen molar-refractivity contribution < 1.29 is 0 Å². The molecule has 0 aliphatic carbocycles. The normalized spacial score (nSPS) is 14.1. The molecule has 0 unspecified atom stereocenters. The molecule has 90 valence electrons. The molecule has 0 N–H and O–H groups in total. The van der Waals surface area contributed by atoms with E-state index in [1.54, 1.807) is 11.8 Å². The van der Waals surface area contributed by atoms with Gasteiger partial charge in [-0.1, -0.05) is 42.1 Å². The van der Waals surface area contributed by atoms with Gasteiger partial charge in [-0.2, -0.15) is 0 Å². The lowest BCUT2D eigenvalue weighted by molar-refractivity contribution is 1.05. The summed E-state index contributed by atoms with van der Waals surface area (Å²) in [6.07, 6.45) is 0. The molecule has 1 aliphatic heterocycles. The summed E-state index contributed by atoms with van der Waals surface area (Å²) >= 11 is 1.74. The van der Waals surface area contributed by atoms with Crippen LogP contribution in [0.1, 0.15) is 0 Å². The summed E-state index contributed by atoms with van der Waals surface area (Å²) in [6, 6.07) is 18.7. The van der Waals surface area contributed by atoms with Crippen LogP contribution >= 0.6 is 11.8 Å². The van der Waals surface area contributed by atoms with Crippen molar-refractivity contribution in [3.8, 4) is 0 Å². The molecule has 0 saturated carbocycles. The van der Waals surface area contributed by atoms with Crippen molar-refractivity contribution >= 4 is 28.2 Å². The summed E-state index contributed by atoms with van der Waals surface area (Å²) in [5, 5.41) is 1.14. The van der Waals surface area contributed by atoms with E-state index in [9.17, 15) is 0 Å². The standard InChI is InChI=1S/C15H14N2S/c1-17-11-15(18-12-7-3-2-4-8-12)16-13-9-5-6-10-14(13)17/h2-10H,11H2,1H3. The van der Waals surface area contributed by atoms with Gasteiger partial charge in [-0.05, 0) is 24.3 Å². The molecule has 0 bridgehead atoms. The fourth-order valence-corrected chi connectivity index (χ4v) is 2.99.